The Balaban J connectivity index is 1.54. The predicted octanol–water partition coefficient (Wildman–Crippen LogP) is 3.54. The van der Waals surface area contributed by atoms with Crippen LogP contribution in [-0.2, 0) is 4.79 Å². The summed E-state index contributed by atoms with van der Waals surface area (Å²) in [6.07, 6.45) is 1.07. The number of hydrogen-bond donors (Lipinski definition) is 2. The lowest BCUT2D eigenvalue weighted by atomic mass is 10.1. The first kappa shape index (κ1) is 16.1. The van der Waals surface area contributed by atoms with Crippen LogP contribution in [0, 0.1) is 5.92 Å². The SMILES string of the molecule is COc1nc2scnc2cc1-c1c[nH]c2nc(NC(=O)[C@@H]3C[C@@H]3F)ccc12. The maximum absolute atomic E-state index is 13.0. The number of carbonyl (C=O) groups is 1. The van der Waals surface area contributed by atoms with Gasteiger partial charge in [-0.3, -0.25) is 4.79 Å². The number of nitrogens with zero attached hydrogens (tertiary/aromatic N) is 3. The highest BCUT2D eigenvalue weighted by Gasteiger charge is 2.43. The van der Waals surface area contributed by atoms with Gasteiger partial charge in [-0.2, -0.15) is 0 Å². The Labute approximate surface area is 156 Å². The monoisotopic (exact) mass is 383 g/mol. The molecule has 136 valence electrons. The zero-order valence-electron chi connectivity index (χ0n) is 14.2. The minimum Gasteiger partial charge on any atom is -0.481 e. The van der Waals surface area contributed by atoms with Crippen molar-refractivity contribution in [1.29, 1.82) is 0 Å². The average molecular weight is 383 g/mol. The number of anilines is 1. The highest BCUT2D eigenvalue weighted by atomic mass is 32.1. The van der Waals surface area contributed by atoms with Gasteiger partial charge in [0, 0.05) is 22.7 Å². The number of aromatic nitrogens is 4. The van der Waals surface area contributed by atoms with Crippen molar-refractivity contribution in [3.8, 4) is 17.0 Å². The summed E-state index contributed by atoms with van der Waals surface area (Å²) in [4.78, 5) is 29.1. The normalized spacial score (nSPS) is 18.7. The Morgan fingerprint density at radius 3 is 3.00 bits per heavy atom. The minimum atomic E-state index is -1.04. The van der Waals surface area contributed by atoms with Crippen LogP contribution < -0.4 is 10.1 Å². The molecule has 27 heavy (non-hydrogen) atoms. The van der Waals surface area contributed by atoms with Gasteiger partial charge in [-0.15, -0.1) is 11.3 Å². The standard InChI is InChI=1S/C18H14FN5O2S/c1-26-17-9(5-13-18(24-17)27-7-21-13)11-6-20-15-8(11)2-3-14(22-15)23-16(25)10-4-12(10)19/h2-3,5-7,10,12H,4H2,1H3,(H2,20,22,23,25)/t10-,12+/m1/s1. The molecule has 4 heterocycles. The third kappa shape index (κ3) is 2.71. The molecule has 9 heteroatoms. The summed E-state index contributed by atoms with van der Waals surface area (Å²) in [5.41, 5.74) is 4.83. The third-order valence-electron chi connectivity index (χ3n) is 4.61. The topological polar surface area (TPSA) is 92.8 Å². The van der Waals surface area contributed by atoms with Crippen LogP contribution in [0.5, 0.6) is 5.88 Å². The summed E-state index contributed by atoms with van der Waals surface area (Å²) in [6.45, 7) is 0. The number of fused-ring (bicyclic) bond motifs is 2. The summed E-state index contributed by atoms with van der Waals surface area (Å²) in [5, 5.41) is 3.52. The number of methoxy groups -OCH3 is 1. The molecule has 0 radical (unpaired) electrons. The zero-order valence-corrected chi connectivity index (χ0v) is 15.0. The molecular formula is C18H14FN5O2S. The van der Waals surface area contributed by atoms with E-state index >= 15 is 0 Å². The molecule has 0 saturated heterocycles. The van der Waals surface area contributed by atoms with Crippen molar-refractivity contribution in [2.45, 2.75) is 12.6 Å². The zero-order chi connectivity index (χ0) is 18.5. The molecule has 0 spiro atoms. The van der Waals surface area contributed by atoms with E-state index in [2.05, 4.69) is 25.3 Å². The number of hydrogen-bond acceptors (Lipinski definition) is 6. The molecule has 1 amide bonds. The molecule has 1 aliphatic carbocycles. The average Bonchev–Trinajstić information content (AvgIpc) is 3.07. The number of carbonyl (C=O) groups excluding carboxylic acids is 1. The summed E-state index contributed by atoms with van der Waals surface area (Å²) in [6, 6.07) is 5.49. The molecule has 4 aromatic heterocycles. The van der Waals surface area contributed by atoms with Crippen molar-refractivity contribution >= 4 is 44.4 Å². The summed E-state index contributed by atoms with van der Waals surface area (Å²) < 4.78 is 18.5. The van der Waals surface area contributed by atoms with E-state index in [0.29, 0.717) is 17.3 Å². The van der Waals surface area contributed by atoms with Crippen LogP contribution in [-0.4, -0.2) is 39.1 Å². The second-order valence-electron chi connectivity index (χ2n) is 6.36. The van der Waals surface area contributed by atoms with Crippen LogP contribution in [0.3, 0.4) is 0 Å². The summed E-state index contributed by atoms with van der Waals surface area (Å²) in [7, 11) is 1.58. The number of H-pyrrole nitrogens is 1. The molecule has 0 aliphatic heterocycles. The van der Waals surface area contributed by atoms with Gasteiger partial charge in [0.2, 0.25) is 11.8 Å². The van der Waals surface area contributed by atoms with Crippen molar-refractivity contribution < 1.29 is 13.9 Å². The van der Waals surface area contributed by atoms with Gasteiger partial charge >= 0.3 is 0 Å². The third-order valence-corrected chi connectivity index (χ3v) is 5.35. The first-order valence-corrected chi connectivity index (χ1v) is 9.23. The fourth-order valence-corrected chi connectivity index (χ4v) is 3.72. The number of aromatic amines is 1. The van der Waals surface area contributed by atoms with Crippen LogP contribution in [0.25, 0.3) is 32.5 Å². The Kier molecular flexibility index (Phi) is 3.57. The molecule has 5 rings (SSSR count). The number of alkyl halides is 1. The van der Waals surface area contributed by atoms with Gasteiger partial charge in [-0.1, -0.05) is 0 Å². The van der Waals surface area contributed by atoms with Crippen molar-refractivity contribution in [3.63, 3.8) is 0 Å². The summed E-state index contributed by atoms with van der Waals surface area (Å²) in [5.74, 6) is 0.00986. The van der Waals surface area contributed by atoms with Crippen molar-refractivity contribution in [2.75, 3.05) is 12.4 Å². The number of thiazole rings is 1. The lowest BCUT2D eigenvalue weighted by Crippen LogP contribution is -2.15. The number of pyridine rings is 2. The molecular weight excluding hydrogens is 369 g/mol. The van der Waals surface area contributed by atoms with Crippen LogP contribution in [0.4, 0.5) is 10.2 Å². The van der Waals surface area contributed by atoms with Crippen LogP contribution >= 0.6 is 11.3 Å². The van der Waals surface area contributed by atoms with Crippen LogP contribution in [0.2, 0.25) is 0 Å². The largest absolute Gasteiger partial charge is 0.481 e. The van der Waals surface area contributed by atoms with Gasteiger partial charge in [0.25, 0.3) is 0 Å². The van der Waals surface area contributed by atoms with Gasteiger partial charge in [-0.05, 0) is 24.6 Å². The number of ether oxygens (including phenoxy) is 1. The number of nitrogens with one attached hydrogen (secondary N) is 2. The first-order valence-electron chi connectivity index (χ1n) is 8.35. The number of amides is 1. The fourth-order valence-electron chi connectivity index (χ4n) is 3.08. The van der Waals surface area contributed by atoms with Gasteiger partial charge in [0.1, 0.15) is 28.0 Å². The fraction of sp³-hybridized carbons (Fsp3) is 0.222. The Bertz CT molecular complexity index is 1190. The second kappa shape index (κ2) is 5.98. The Hall–Kier alpha value is -3.07. The van der Waals surface area contributed by atoms with E-state index in [1.165, 1.54) is 11.3 Å². The maximum Gasteiger partial charge on any atom is 0.231 e. The molecule has 1 fully saturated rings. The van der Waals surface area contributed by atoms with E-state index < -0.39 is 12.1 Å². The summed E-state index contributed by atoms with van der Waals surface area (Å²) >= 11 is 1.45. The lowest BCUT2D eigenvalue weighted by Gasteiger charge is -2.07. The van der Waals surface area contributed by atoms with Crippen molar-refractivity contribution in [2.24, 2.45) is 5.92 Å². The van der Waals surface area contributed by atoms with Gasteiger partial charge in [0.05, 0.1) is 18.5 Å². The first-order chi connectivity index (χ1) is 13.1. The number of halogens is 1. The molecule has 0 bridgehead atoms. The van der Waals surface area contributed by atoms with Gasteiger partial charge in [-0.25, -0.2) is 19.3 Å². The van der Waals surface area contributed by atoms with E-state index in [9.17, 15) is 9.18 Å². The second-order valence-corrected chi connectivity index (χ2v) is 7.20. The molecule has 4 aromatic rings. The Morgan fingerprint density at radius 2 is 2.22 bits per heavy atom. The molecule has 2 atom stereocenters. The van der Waals surface area contributed by atoms with E-state index in [1.54, 1.807) is 18.7 Å². The van der Waals surface area contributed by atoms with Gasteiger partial charge in [0.15, 0.2) is 0 Å². The van der Waals surface area contributed by atoms with Gasteiger partial charge < -0.3 is 15.0 Å². The highest BCUT2D eigenvalue weighted by molar-refractivity contribution is 7.16. The lowest BCUT2D eigenvalue weighted by molar-refractivity contribution is -0.117. The molecule has 0 unspecified atom stereocenters. The van der Waals surface area contributed by atoms with Crippen molar-refractivity contribution in [3.05, 3.63) is 29.9 Å². The molecule has 2 N–H and O–H groups in total. The molecule has 0 aromatic carbocycles. The smallest absolute Gasteiger partial charge is 0.231 e. The van der Waals surface area contributed by atoms with Crippen LogP contribution in [0.1, 0.15) is 6.42 Å². The van der Waals surface area contributed by atoms with E-state index in [0.717, 1.165) is 26.9 Å². The molecule has 1 aliphatic rings. The Morgan fingerprint density at radius 1 is 1.37 bits per heavy atom. The quantitative estimate of drug-likeness (QED) is 0.562. The maximum atomic E-state index is 13.0. The highest BCUT2D eigenvalue weighted by Crippen LogP contribution is 2.37. The predicted molar refractivity (Wildman–Crippen MR) is 101 cm³/mol. The number of rotatable bonds is 4. The minimum absolute atomic E-state index is 0.284. The van der Waals surface area contributed by atoms with E-state index in [1.807, 2.05) is 18.3 Å². The van der Waals surface area contributed by atoms with Crippen molar-refractivity contribution in [1.82, 2.24) is 19.9 Å². The van der Waals surface area contributed by atoms with E-state index in [-0.39, 0.29) is 12.3 Å². The van der Waals surface area contributed by atoms with E-state index in [4.69, 9.17) is 4.74 Å². The molecule has 7 nitrogen and oxygen atoms in total. The molecule has 1 saturated carbocycles. The van der Waals surface area contributed by atoms with Crippen LogP contribution in [0.15, 0.2) is 29.9 Å².